The molecule has 2 nitrogen and oxygen atoms in total. The third-order valence-corrected chi connectivity index (χ3v) is 4.78. The van der Waals surface area contributed by atoms with Crippen molar-refractivity contribution in [2.45, 2.75) is 64.9 Å². The number of ether oxygens (including phenoxy) is 1. The van der Waals surface area contributed by atoms with E-state index in [1.165, 1.54) is 0 Å². The number of hydrogen-bond donors (Lipinski definition) is 0. The standard InChI is InChI=1S/C15H23F4NO/c1-4-14(2,3)11-6-5-10(8-20)12(7-11)21-9-15(18,19)13(16)17/h10-13H,4-7,9H2,1-3H3. The summed E-state index contributed by atoms with van der Waals surface area (Å²) in [4.78, 5) is 0. The molecule has 1 fully saturated rings. The highest BCUT2D eigenvalue weighted by atomic mass is 19.3. The van der Waals surface area contributed by atoms with Crippen molar-refractivity contribution in [2.24, 2.45) is 17.3 Å². The number of rotatable bonds is 6. The Morgan fingerprint density at radius 1 is 1.29 bits per heavy atom. The summed E-state index contributed by atoms with van der Waals surface area (Å²) in [5, 5.41) is 9.08. The lowest BCUT2D eigenvalue weighted by molar-refractivity contribution is -0.184. The van der Waals surface area contributed by atoms with Gasteiger partial charge in [0.2, 0.25) is 0 Å². The highest BCUT2D eigenvalue weighted by molar-refractivity contribution is 4.96. The zero-order valence-electron chi connectivity index (χ0n) is 12.7. The van der Waals surface area contributed by atoms with E-state index in [1.807, 2.05) is 0 Å². The van der Waals surface area contributed by atoms with Gasteiger partial charge in [0, 0.05) is 0 Å². The molecule has 1 aliphatic rings. The highest BCUT2D eigenvalue weighted by Crippen LogP contribution is 2.43. The summed E-state index contributed by atoms with van der Waals surface area (Å²) in [5.41, 5.74) is 0.0211. The van der Waals surface area contributed by atoms with E-state index in [9.17, 15) is 17.6 Å². The molecule has 0 amide bonds. The predicted molar refractivity (Wildman–Crippen MR) is 71.2 cm³/mol. The van der Waals surface area contributed by atoms with Crippen LogP contribution in [0.5, 0.6) is 0 Å². The van der Waals surface area contributed by atoms with E-state index >= 15 is 0 Å². The monoisotopic (exact) mass is 309 g/mol. The van der Waals surface area contributed by atoms with Crippen molar-refractivity contribution in [3.05, 3.63) is 0 Å². The van der Waals surface area contributed by atoms with E-state index < -0.39 is 31.0 Å². The maximum Gasteiger partial charge on any atom is 0.330 e. The lowest BCUT2D eigenvalue weighted by Gasteiger charge is -2.41. The highest BCUT2D eigenvalue weighted by Gasteiger charge is 2.44. The van der Waals surface area contributed by atoms with Crippen molar-refractivity contribution in [1.29, 1.82) is 5.26 Å². The van der Waals surface area contributed by atoms with Gasteiger partial charge in [-0.2, -0.15) is 14.0 Å². The maximum atomic E-state index is 13.0. The van der Waals surface area contributed by atoms with Crippen molar-refractivity contribution < 1.29 is 22.3 Å². The normalized spacial score (nSPS) is 27.7. The van der Waals surface area contributed by atoms with Gasteiger partial charge in [-0.15, -0.1) is 0 Å². The van der Waals surface area contributed by atoms with Crippen LogP contribution in [0.25, 0.3) is 0 Å². The molecule has 21 heavy (non-hydrogen) atoms. The summed E-state index contributed by atoms with van der Waals surface area (Å²) in [5.74, 6) is -4.41. The molecule has 6 heteroatoms. The number of hydrogen-bond acceptors (Lipinski definition) is 2. The number of halogens is 4. The Kier molecular flexibility index (Phi) is 6.03. The summed E-state index contributed by atoms with van der Waals surface area (Å²) in [6.45, 7) is 4.91. The fourth-order valence-electron chi connectivity index (χ4n) is 2.74. The SMILES string of the molecule is CCC(C)(C)C1CCC(C#N)C(OCC(F)(F)C(F)F)C1. The number of alkyl halides is 4. The molecule has 1 rings (SSSR count). The van der Waals surface area contributed by atoms with Crippen LogP contribution in [0.4, 0.5) is 17.6 Å². The predicted octanol–water partition coefficient (Wildman–Crippen LogP) is 4.65. The molecule has 0 heterocycles. The summed E-state index contributed by atoms with van der Waals surface area (Å²) < 4.78 is 55.3. The van der Waals surface area contributed by atoms with Crippen LogP contribution in [0, 0.1) is 28.6 Å². The molecule has 122 valence electrons. The van der Waals surface area contributed by atoms with E-state index in [4.69, 9.17) is 10.00 Å². The second-order valence-corrected chi connectivity index (χ2v) is 6.50. The summed E-state index contributed by atoms with van der Waals surface area (Å²) >= 11 is 0. The molecule has 0 bridgehead atoms. The van der Waals surface area contributed by atoms with Crippen LogP contribution in [0.3, 0.4) is 0 Å². The molecule has 0 radical (unpaired) electrons. The van der Waals surface area contributed by atoms with Crippen molar-refractivity contribution >= 4 is 0 Å². The quantitative estimate of drug-likeness (QED) is 0.669. The van der Waals surface area contributed by atoms with Gasteiger partial charge in [-0.25, -0.2) is 8.78 Å². The van der Waals surface area contributed by atoms with E-state index in [-0.39, 0.29) is 11.3 Å². The first-order valence-electron chi connectivity index (χ1n) is 7.31. The third kappa shape index (κ3) is 4.57. The second-order valence-electron chi connectivity index (χ2n) is 6.50. The van der Waals surface area contributed by atoms with Gasteiger partial charge >= 0.3 is 12.3 Å². The topological polar surface area (TPSA) is 33.0 Å². The molecule has 0 aromatic carbocycles. The lowest BCUT2D eigenvalue weighted by atomic mass is 9.67. The average molecular weight is 309 g/mol. The Labute approximate surface area is 123 Å². The van der Waals surface area contributed by atoms with Crippen molar-refractivity contribution in [2.75, 3.05) is 6.61 Å². The zero-order valence-corrected chi connectivity index (χ0v) is 12.7. The molecular weight excluding hydrogens is 286 g/mol. The minimum Gasteiger partial charge on any atom is -0.370 e. The Bertz CT molecular complexity index is 378. The van der Waals surface area contributed by atoms with Crippen LogP contribution in [-0.2, 0) is 4.74 Å². The van der Waals surface area contributed by atoms with Gasteiger partial charge in [0.25, 0.3) is 0 Å². The first-order chi connectivity index (χ1) is 9.64. The van der Waals surface area contributed by atoms with Crippen LogP contribution >= 0.6 is 0 Å². The number of nitrogens with zero attached hydrogens (tertiary/aromatic N) is 1. The fraction of sp³-hybridized carbons (Fsp3) is 0.933. The van der Waals surface area contributed by atoms with Crippen molar-refractivity contribution in [1.82, 2.24) is 0 Å². The largest absolute Gasteiger partial charge is 0.370 e. The Balaban J connectivity index is 2.70. The summed E-state index contributed by atoms with van der Waals surface area (Å²) in [6, 6.07) is 2.05. The minimum absolute atomic E-state index is 0.0211. The van der Waals surface area contributed by atoms with Gasteiger partial charge in [-0.05, 0) is 30.6 Å². The van der Waals surface area contributed by atoms with Crippen LogP contribution in [0.1, 0.15) is 46.5 Å². The average Bonchev–Trinajstić information content (AvgIpc) is 2.44. The molecule has 0 N–H and O–H groups in total. The van der Waals surface area contributed by atoms with Gasteiger partial charge in [0.1, 0.15) is 6.61 Å². The van der Waals surface area contributed by atoms with Crippen LogP contribution in [0.15, 0.2) is 0 Å². The summed E-state index contributed by atoms with van der Waals surface area (Å²) in [6.07, 6.45) is -1.64. The molecule has 1 saturated carbocycles. The molecule has 0 aromatic rings. The van der Waals surface area contributed by atoms with Gasteiger partial charge < -0.3 is 4.74 Å². The van der Waals surface area contributed by atoms with E-state index in [0.29, 0.717) is 12.8 Å². The second kappa shape index (κ2) is 6.95. The molecule has 0 saturated heterocycles. The van der Waals surface area contributed by atoms with Gasteiger partial charge in [-0.1, -0.05) is 27.2 Å². The molecule has 0 aliphatic heterocycles. The third-order valence-electron chi connectivity index (χ3n) is 4.78. The zero-order chi connectivity index (χ0) is 16.3. The van der Waals surface area contributed by atoms with Gasteiger partial charge in [-0.3, -0.25) is 0 Å². The first kappa shape index (κ1) is 18.2. The van der Waals surface area contributed by atoms with E-state index in [2.05, 4.69) is 26.8 Å². The first-order valence-corrected chi connectivity index (χ1v) is 7.31. The van der Waals surface area contributed by atoms with E-state index in [0.717, 1.165) is 12.8 Å². The lowest BCUT2D eigenvalue weighted by Crippen LogP contribution is -2.41. The van der Waals surface area contributed by atoms with Crippen LogP contribution in [-0.4, -0.2) is 25.1 Å². The van der Waals surface area contributed by atoms with Crippen molar-refractivity contribution in [3.63, 3.8) is 0 Å². The van der Waals surface area contributed by atoms with Crippen molar-refractivity contribution in [3.8, 4) is 6.07 Å². The Hall–Kier alpha value is -0.830. The van der Waals surface area contributed by atoms with Crippen LogP contribution < -0.4 is 0 Å². The van der Waals surface area contributed by atoms with Crippen LogP contribution in [0.2, 0.25) is 0 Å². The van der Waals surface area contributed by atoms with Gasteiger partial charge in [0.15, 0.2) is 0 Å². The smallest absolute Gasteiger partial charge is 0.330 e. The molecule has 0 spiro atoms. The fourth-order valence-corrected chi connectivity index (χ4v) is 2.74. The molecule has 3 atom stereocenters. The number of nitriles is 1. The molecular formula is C15H23F4NO. The van der Waals surface area contributed by atoms with E-state index in [1.54, 1.807) is 0 Å². The molecule has 1 aliphatic carbocycles. The molecule has 0 aromatic heterocycles. The summed E-state index contributed by atoms with van der Waals surface area (Å²) in [7, 11) is 0. The molecule has 3 unspecified atom stereocenters. The Morgan fingerprint density at radius 2 is 1.90 bits per heavy atom. The Morgan fingerprint density at radius 3 is 2.38 bits per heavy atom. The van der Waals surface area contributed by atoms with Gasteiger partial charge in [0.05, 0.1) is 18.1 Å². The minimum atomic E-state index is -4.16. The maximum absolute atomic E-state index is 13.0.